The van der Waals surface area contributed by atoms with Gasteiger partial charge in [0.05, 0.1) is 6.04 Å². The van der Waals surface area contributed by atoms with Crippen LogP contribution in [0.25, 0.3) is 0 Å². The number of aromatic nitrogens is 1. The van der Waals surface area contributed by atoms with E-state index in [0.29, 0.717) is 0 Å². The first kappa shape index (κ1) is 16.9. The maximum Gasteiger partial charge on any atom is 0.254 e. The van der Waals surface area contributed by atoms with Crippen molar-refractivity contribution < 1.29 is 4.79 Å². The summed E-state index contributed by atoms with van der Waals surface area (Å²) in [5.41, 5.74) is 1.89. The Morgan fingerprint density at radius 1 is 0.962 bits per heavy atom. The molecule has 130 valence electrons. The first-order valence-corrected chi connectivity index (χ1v) is 9.68. The molecule has 0 radical (unpaired) electrons. The van der Waals surface area contributed by atoms with Crippen molar-refractivity contribution in [1.29, 1.82) is 0 Å². The number of nitrogens with zero attached hydrogens (tertiary/aromatic N) is 2. The molecule has 1 aliphatic rings. The first-order chi connectivity index (χ1) is 12.8. The van der Waals surface area contributed by atoms with Gasteiger partial charge >= 0.3 is 0 Å². The molecule has 0 aliphatic carbocycles. The third kappa shape index (κ3) is 3.51. The van der Waals surface area contributed by atoms with Crippen LogP contribution in [0.5, 0.6) is 0 Å². The van der Waals surface area contributed by atoms with Crippen LogP contribution in [-0.2, 0) is 0 Å². The van der Waals surface area contributed by atoms with Crippen LogP contribution in [-0.4, -0.2) is 22.3 Å². The number of amides is 1. The number of hydrogen-bond donors (Lipinski definition) is 0. The zero-order valence-electron chi connectivity index (χ0n) is 14.4. The Morgan fingerprint density at radius 2 is 1.69 bits per heavy atom. The van der Waals surface area contributed by atoms with Crippen LogP contribution in [0.2, 0.25) is 0 Å². The third-order valence-electron chi connectivity index (χ3n) is 4.65. The normalized spacial score (nSPS) is 16.6. The molecule has 3 nitrogen and oxygen atoms in total. The van der Waals surface area contributed by atoms with Gasteiger partial charge in [-0.1, -0.05) is 54.2 Å². The Balaban J connectivity index is 1.63. The summed E-state index contributed by atoms with van der Waals surface area (Å²) in [4.78, 5) is 20.8. The first-order valence-electron chi connectivity index (χ1n) is 8.87. The topological polar surface area (TPSA) is 33.2 Å². The predicted molar refractivity (Wildman–Crippen MR) is 104 cm³/mol. The summed E-state index contributed by atoms with van der Waals surface area (Å²) >= 11 is 1.66. The highest BCUT2D eigenvalue weighted by molar-refractivity contribution is 7.99. The molecule has 0 bridgehead atoms. The molecule has 1 aliphatic heterocycles. The van der Waals surface area contributed by atoms with Crippen molar-refractivity contribution in [2.75, 3.05) is 6.54 Å². The van der Waals surface area contributed by atoms with Crippen LogP contribution < -0.4 is 0 Å². The second kappa shape index (κ2) is 7.75. The second-order valence-corrected chi connectivity index (χ2v) is 7.40. The summed E-state index contributed by atoms with van der Waals surface area (Å²) in [6.45, 7) is 0.794. The maximum atomic E-state index is 13.0. The van der Waals surface area contributed by atoms with Gasteiger partial charge in [0.1, 0.15) is 5.03 Å². The zero-order valence-corrected chi connectivity index (χ0v) is 15.2. The molecule has 4 rings (SSSR count). The van der Waals surface area contributed by atoms with Crippen molar-refractivity contribution in [3.63, 3.8) is 0 Å². The number of carbonyl (C=O) groups is 1. The fourth-order valence-corrected chi connectivity index (χ4v) is 4.37. The van der Waals surface area contributed by atoms with E-state index in [0.717, 1.165) is 40.4 Å². The SMILES string of the molecule is O=C(c1ccccc1)N1CCC[C@@H]1c1cccnc1Sc1ccccc1. The summed E-state index contributed by atoms with van der Waals surface area (Å²) in [5, 5.41) is 0.983. The molecule has 1 aromatic heterocycles. The van der Waals surface area contributed by atoms with Crippen LogP contribution in [0.1, 0.15) is 34.8 Å². The molecule has 4 heteroatoms. The second-order valence-electron chi connectivity index (χ2n) is 6.34. The molecular formula is C22H20N2OS. The number of rotatable bonds is 4. The molecule has 0 spiro atoms. The lowest BCUT2D eigenvalue weighted by Crippen LogP contribution is -2.30. The van der Waals surface area contributed by atoms with Crippen LogP contribution in [0, 0.1) is 0 Å². The molecule has 2 heterocycles. The summed E-state index contributed by atoms with van der Waals surface area (Å²) in [6.07, 6.45) is 3.83. The lowest BCUT2D eigenvalue weighted by Gasteiger charge is -2.26. The predicted octanol–water partition coefficient (Wildman–Crippen LogP) is 5.21. The Morgan fingerprint density at radius 3 is 2.46 bits per heavy atom. The number of carbonyl (C=O) groups excluding carboxylic acids is 1. The van der Waals surface area contributed by atoms with Gasteiger partial charge in [0.25, 0.3) is 5.91 Å². The fraction of sp³-hybridized carbons (Fsp3) is 0.182. The number of hydrogen-bond acceptors (Lipinski definition) is 3. The van der Waals surface area contributed by atoms with Gasteiger partial charge in [-0.25, -0.2) is 4.98 Å². The number of pyridine rings is 1. The van der Waals surface area contributed by atoms with Crippen molar-refractivity contribution in [3.05, 3.63) is 90.1 Å². The van der Waals surface area contributed by atoms with Crippen molar-refractivity contribution in [2.24, 2.45) is 0 Å². The van der Waals surface area contributed by atoms with Crippen LogP contribution >= 0.6 is 11.8 Å². The molecule has 1 atom stereocenters. The summed E-state index contributed by atoms with van der Waals surface area (Å²) in [5.74, 6) is 0.104. The molecule has 0 unspecified atom stereocenters. The Hall–Kier alpha value is -2.59. The van der Waals surface area contributed by atoms with Gasteiger partial charge in [-0.15, -0.1) is 0 Å². The van der Waals surface area contributed by atoms with Crippen molar-refractivity contribution >= 4 is 17.7 Å². The zero-order chi connectivity index (χ0) is 17.8. The Kier molecular flexibility index (Phi) is 5.02. The lowest BCUT2D eigenvalue weighted by atomic mass is 10.1. The van der Waals surface area contributed by atoms with Crippen LogP contribution in [0.4, 0.5) is 0 Å². The minimum absolute atomic E-state index is 0.0858. The molecule has 0 saturated carbocycles. The van der Waals surface area contributed by atoms with Crippen molar-refractivity contribution in [2.45, 2.75) is 28.8 Å². The van der Waals surface area contributed by atoms with E-state index in [4.69, 9.17) is 0 Å². The summed E-state index contributed by atoms with van der Waals surface area (Å²) < 4.78 is 0. The van der Waals surface area contributed by atoms with E-state index in [2.05, 4.69) is 23.2 Å². The minimum atomic E-state index is 0.0858. The summed E-state index contributed by atoms with van der Waals surface area (Å²) in [6, 6.07) is 24.0. The van der Waals surface area contributed by atoms with Gasteiger partial charge in [-0.2, -0.15) is 0 Å². The van der Waals surface area contributed by atoms with E-state index < -0.39 is 0 Å². The quantitative estimate of drug-likeness (QED) is 0.640. The van der Waals surface area contributed by atoms with E-state index in [-0.39, 0.29) is 11.9 Å². The van der Waals surface area contributed by atoms with Crippen LogP contribution in [0.3, 0.4) is 0 Å². The molecule has 3 aromatic rings. The highest BCUT2D eigenvalue weighted by atomic mass is 32.2. The van der Waals surface area contributed by atoms with Gasteiger partial charge in [-0.3, -0.25) is 4.79 Å². The minimum Gasteiger partial charge on any atom is -0.332 e. The van der Waals surface area contributed by atoms with E-state index in [1.807, 2.05) is 65.7 Å². The number of benzene rings is 2. The standard InChI is InChI=1S/C22H20N2OS/c25-22(17-9-3-1-4-10-17)24-16-8-14-20(24)19-13-7-15-23-21(19)26-18-11-5-2-6-12-18/h1-7,9-13,15,20H,8,14,16H2/t20-/m1/s1. The van der Waals surface area contributed by atoms with Gasteiger partial charge in [0.15, 0.2) is 0 Å². The average Bonchev–Trinajstić information content (AvgIpc) is 3.19. The Labute approximate surface area is 158 Å². The van der Waals surface area contributed by atoms with E-state index in [1.165, 1.54) is 0 Å². The highest BCUT2D eigenvalue weighted by Gasteiger charge is 2.32. The fourth-order valence-electron chi connectivity index (χ4n) is 3.42. The monoisotopic (exact) mass is 360 g/mol. The van der Waals surface area contributed by atoms with Gasteiger partial charge in [0, 0.05) is 28.8 Å². The summed E-state index contributed by atoms with van der Waals surface area (Å²) in [7, 11) is 0. The molecule has 1 fully saturated rings. The van der Waals surface area contributed by atoms with Gasteiger partial charge in [0.2, 0.25) is 0 Å². The lowest BCUT2D eigenvalue weighted by molar-refractivity contribution is 0.0733. The van der Waals surface area contributed by atoms with Gasteiger partial charge in [-0.05, 0) is 43.2 Å². The smallest absolute Gasteiger partial charge is 0.254 e. The molecule has 0 N–H and O–H groups in total. The molecule has 1 amide bonds. The van der Waals surface area contributed by atoms with Crippen molar-refractivity contribution in [1.82, 2.24) is 9.88 Å². The number of likely N-dealkylation sites (tertiary alicyclic amines) is 1. The highest BCUT2D eigenvalue weighted by Crippen LogP contribution is 2.39. The average molecular weight is 360 g/mol. The van der Waals surface area contributed by atoms with Crippen LogP contribution in [0.15, 0.2) is 88.9 Å². The Bertz CT molecular complexity index is 883. The molecule has 26 heavy (non-hydrogen) atoms. The van der Waals surface area contributed by atoms with E-state index in [1.54, 1.807) is 11.8 Å². The molecule has 1 saturated heterocycles. The van der Waals surface area contributed by atoms with E-state index in [9.17, 15) is 4.79 Å². The van der Waals surface area contributed by atoms with E-state index >= 15 is 0 Å². The maximum absolute atomic E-state index is 13.0. The largest absolute Gasteiger partial charge is 0.332 e. The molecular weight excluding hydrogens is 340 g/mol. The van der Waals surface area contributed by atoms with Gasteiger partial charge < -0.3 is 4.90 Å². The van der Waals surface area contributed by atoms with Crippen molar-refractivity contribution in [3.8, 4) is 0 Å². The third-order valence-corrected chi connectivity index (χ3v) is 5.69. The molecule has 2 aromatic carbocycles.